The van der Waals surface area contributed by atoms with Crippen LogP contribution in [-0.2, 0) is 13.0 Å². The summed E-state index contributed by atoms with van der Waals surface area (Å²) in [7, 11) is 0. The van der Waals surface area contributed by atoms with Crippen LogP contribution in [0.5, 0.6) is 0 Å². The molecule has 19 heavy (non-hydrogen) atoms. The van der Waals surface area contributed by atoms with Gasteiger partial charge in [-0.2, -0.15) is 4.98 Å². The van der Waals surface area contributed by atoms with Crippen LogP contribution in [0.2, 0.25) is 0 Å². The average molecular weight is 261 g/mol. The van der Waals surface area contributed by atoms with E-state index < -0.39 is 0 Å². The highest BCUT2D eigenvalue weighted by molar-refractivity contribution is 5.50. The summed E-state index contributed by atoms with van der Waals surface area (Å²) in [5.74, 6) is 2.13. The summed E-state index contributed by atoms with van der Waals surface area (Å²) < 4.78 is 0. The van der Waals surface area contributed by atoms with Crippen LogP contribution in [0.4, 0.5) is 11.8 Å². The van der Waals surface area contributed by atoms with E-state index in [9.17, 15) is 0 Å². The van der Waals surface area contributed by atoms with Gasteiger partial charge in [-0.05, 0) is 18.8 Å². The first-order chi connectivity index (χ1) is 9.33. The summed E-state index contributed by atoms with van der Waals surface area (Å²) in [5, 5.41) is 6.89. The first-order valence-corrected chi connectivity index (χ1v) is 7.43. The molecule has 104 valence electrons. The van der Waals surface area contributed by atoms with Crippen LogP contribution in [-0.4, -0.2) is 23.1 Å². The number of rotatable bonds is 3. The van der Waals surface area contributed by atoms with E-state index in [4.69, 9.17) is 5.73 Å². The first kappa shape index (κ1) is 12.7. The topological polar surface area (TPSA) is 75.9 Å². The second-order valence-corrected chi connectivity index (χ2v) is 5.67. The number of fused-ring (bicyclic) bond motifs is 1. The van der Waals surface area contributed by atoms with Gasteiger partial charge in [0.25, 0.3) is 0 Å². The Balaban J connectivity index is 1.70. The second kappa shape index (κ2) is 5.74. The molecule has 1 fully saturated rings. The Hall–Kier alpha value is -1.36. The molecule has 0 spiro atoms. The van der Waals surface area contributed by atoms with Gasteiger partial charge in [-0.1, -0.05) is 19.3 Å². The van der Waals surface area contributed by atoms with Crippen molar-refractivity contribution in [3.63, 3.8) is 0 Å². The molecule has 0 atom stereocenters. The van der Waals surface area contributed by atoms with Crippen molar-refractivity contribution in [2.75, 3.05) is 24.1 Å². The molecule has 1 aromatic rings. The van der Waals surface area contributed by atoms with E-state index in [1.165, 1.54) is 37.7 Å². The van der Waals surface area contributed by atoms with Gasteiger partial charge in [-0.15, -0.1) is 0 Å². The van der Waals surface area contributed by atoms with Gasteiger partial charge in [0.15, 0.2) is 0 Å². The lowest BCUT2D eigenvalue weighted by Gasteiger charge is -2.24. The zero-order valence-corrected chi connectivity index (χ0v) is 11.4. The van der Waals surface area contributed by atoms with Gasteiger partial charge in [0, 0.05) is 31.6 Å². The lowest BCUT2D eigenvalue weighted by molar-refractivity contribution is 0.373. The minimum absolute atomic E-state index is 0.395. The Morgan fingerprint density at radius 2 is 2.05 bits per heavy atom. The van der Waals surface area contributed by atoms with Crippen molar-refractivity contribution >= 4 is 11.8 Å². The third kappa shape index (κ3) is 2.97. The fourth-order valence-corrected chi connectivity index (χ4v) is 3.14. The first-order valence-electron chi connectivity index (χ1n) is 7.43. The van der Waals surface area contributed by atoms with Gasteiger partial charge in [0.05, 0.1) is 5.69 Å². The Bertz CT molecular complexity index is 440. The predicted octanol–water partition coefficient (Wildman–Crippen LogP) is 1.70. The highest BCUT2D eigenvalue weighted by Crippen LogP contribution is 2.25. The summed E-state index contributed by atoms with van der Waals surface area (Å²) in [6.07, 6.45) is 7.77. The Morgan fingerprint density at radius 1 is 1.21 bits per heavy atom. The molecular formula is C14H23N5. The lowest BCUT2D eigenvalue weighted by atomic mass is 9.89. The number of hydrogen-bond donors (Lipinski definition) is 3. The summed E-state index contributed by atoms with van der Waals surface area (Å²) in [6, 6.07) is 0. The van der Waals surface area contributed by atoms with Crippen molar-refractivity contribution in [2.45, 2.75) is 45.1 Å². The monoisotopic (exact) mass is 261 g/mol. The SMILES string of the molecule is Nc1nc2c(c(NCC3CCCCC3)n1)CNCC2. The third-order valence-electron chi connectivity index (χ3n) is 4.23. The maximum absolute atomic E-state index is 5.81. The molecule has 1 aliphatic heterocycles. The maximum Gasteiger partial charge on any atom is 0.222 e. The predicted molar refractivity (Wildman–Crippen MR) is 76.9 cm³/mol. The molecular weight excluding hydrogens is 238 g/mol. The summed E-state index contributed by atoms with van der Waals surface area (Å²) in [6.45, 7) is 2.84. The molecule has 0 bridgehead atoms. The van der Waals surface area contributed by atoms with Gasteiger partial charge in [-0.25, -0.2) is 4.98 Å². The molecule has 0 unspecified atom stereocenters. The Morgan fingerprint density at radius 3 is 2.89 bits per heavy atom. The van der Waals surface area contributed by atoms with Crippen LogP contribution in [0.1, 0.15) is 43.4 Å². The minimum Gasteiger partial charge on any atom is -0.369 e. The summed E-state index contributed by atoms with van der Waals surface area (Å²) >= 11 is 0. The molecule has 3 rings (SSSR count). The highest BCUT2D eigenvalue weighted by atomic mass is 15.1. The molecule has 5 heteroatoms. The lowest BCUT2D eigenvalue weighted by Crippen LogP contribution is -2.28. The van der Waals surface area contributed by atoms with E-state index in [0.29, 0.717) is 5.95 Å². The van der Waals surface area contributed by atoms with Crippen LogP contribution in [0.25, 0.3) is 0 Å². The smallest absolute Gasteiger partial charge is 0.222 e. The number of anilines is 2. The van der Waals surface area contributed by atoms with Crippen molar-refractivity contribution in [3.05, 3.63) is 11.3 Å². The van der Waals surface area contributed by atoms with E-state index in [2.05, 4.69) is 20.6 Å². The van der Waals surface area contributed by atoms with E-state index >= 15 is 0 Å². The van der Waals surface area contributed by atoms with E-state index in [1.54, 1.807) is 0 Å². The molecule has 0 aromatic carbocycles. The Kier molecular flexibility index (Phi) is 3.82. The van der Waals surface area contributed by atoms with Crippen LogP contribution < -0.4 is 16.4 Å². The fraction of sp³-hybridized carbons (Fsp3) is 0.714. The Labute approximate surface area is 114 Å². The minimum atomic E-state index is 0.395. The van der Waals surface area contributed by atoms with Gasteiger partial charge in [-0.3, -0.25) is 0 Å². The number of nitrogens with zero attached hydrogens (tertiary/aromatic N) is 2. The highest BCUT2D eigenvalue weighted by Gasteiger charge is 2.18. The van der Waals surface area contributed by atoms with Gasteiger partial charge in [0.1, 0.15) is 5.82 Å². The number of nitrogens with one attached hydrogen (secondary N) is 2. The number of nitrogen functional groups attached to an aromatic ring is 1. The molecule has 1 aliphatic carbocycles. The van der Waals surface area contributed by atoms with E-state index in [1.807, 2.05) is 0 Å². The number of aromatic nitrogens is 2. The van der Waals surface area contributed by atoms with Crippen LogP contribution in [0.15, 0.2) is 0 Å². The quantitative estimate of drug-likeness (QED) is 0.772. The maximum atomic E-state index is 5.81. The number of hydrogen-bond acceptors (Lipinski definition) is 5. The molecule has 4 N–H and O–H groups in total. The molecule has 2 aliphatic rings. The molecule has 0 saturated heterocycles. The zero-order valence-electron chi connectivity index (χ0n) is 11.4. The normalized spacial score (nSPS) is 20.0. The third-order valence-corrected chi connectivity index (χ3v) is 4.23. The average Bonchev–Trinajstić information content (AvgIpc) is 2.45. The van der Waals surface area contributed by atoms with Crippen molar-refractivity contribution in [2.24, 2.45) is 5.92 Å². The van der Waals surface area contributed by atoms with E-state index in [-0.39, 0.29) is 0 Å². The van der Waals surface area contributed by atoms with Crippen molar-refractivity contribution in [1.82, 2.24) is 15.3 Å². The standard InChI is InChI=1S/C14H23N5/c15-14-18-12-6-7-16-9-11(12)13(19-14)17-8-10-4-2-1-3-5-10/h10,16H,1-9H2,(H3,15,17,18,19). The van der Waals surface area contributed by atoms with Crippen molar-refractivity contribution in [3.8, 4) is 0 Å². The van der Waals surface area contributed by atoms with Crippen LogP contribution in [0.3, 0.4) is 0 Å². The molecule has 0 amide bonds. The fourth-order valence-electron chi connectivity index (χ4n) is 3.14. The van der Waals surface area contributed by atoms with Gasteiger partial charge >= 0.3 is 0 Å². The molecule has 2 heterocycles. The molecule has 1 saturated carbocycles. The van der Waals surface area contributed by atoms with Crippen LogP contribution in [0, 0.1) is 5.92 Å². The molecule has 5 nitrogen and oxygen atoms in total. The van der Waals surface area contributed by atoms with Gasteiger partial charge in [0.2, 0.25) is 5.95 Å². The van der Waals surface area contributed by atoms with E-state index in [0.717, 1.165) is 43.5 Å². The van der Waals surface area contributed by atoms with Gasteiger partial charge < -0.3 is 16.4 Å². The second-order valence-electron chi connectivity index (χ2n) is 5.67. The molecule has 1 aromatic heterocycles. The van der Waals surface area contributed by atoms with Crippen LogP contribution >= 0.6 is 0 Å². The summed E-state index contributed by atoms with van der Waals surface area (Å²) in [4.78, 5) is 8.74. The zero-order chi connectivity index (χ0) is 13.1. The molecule has 0 radical (unpaired) electrons. The number of nitrogens with two attached hydrogens (primary N) is 1. The largest absolute Gasteiger partial charge is 0.369 e. The van der Waals surface area contributed by atoms with Crippen molar-refractivity contribution in [1.29, 1.82) is 0 Å². The summed E-state index contributed by atoms with van der Waals surface area (Å²) in [5.41, 5.74) is 8.12. The van der Waals surface area contributed by atoms with Crippen molar-refractivity contribution < 1.29 is 0 Å².